The van der Waals surface area contributed by atoms with Crippen LogP contribution in [0.4, 0.5) is 0 Å². The molecule has 0 heterocycles. The van der Waals surface area contributed by atoms with E-state index in [2.05, 4.69) is 4.72 Å². The number of hydrogen-bond acceptors (Lipinski definition) is 5. The number of benzene rings is 1. The van der Waals surface area contributed by atoms with Crippen LogP contribution in [0.5, 0.6) is 0 Å². The van der Waals surface area contributed by atoms with Gasteiger partial charge in [-0.05, 0) is 25.0 Å². The Bertz CT molecular complexity index is 693. The third-order valence-electron chi connectivity index (χ3n) is 3.20. The van der Waals surface area contributed by atoms with Gasteiger partial charge < -0.3 is 4.74 Å². The van der Waals surface area contributed by atoms with Crippen LogP contribution in [0, 0.1) is 0 Å². The van der Waals surface area contributed by atoms with Crippen molar-refractivity contribution in [2.75, 3.05) is 7.11 Å². The molecule has 3 N–H and O–H groups in total. The molecule has 9 heteroatoms. The molecule has 1 aromatic carbocycles. The van der Waals surface area contributed by atoms with E-state index in [9.17, 15) is 16.8 Å². The van der Waals surface area contributed by atoms with Crippen LogP contribution in [0.25, 0.3) is 0 Å². The largest absolute Gasteiger partial charge is 0.381 e. The van der Waals surface area contributed by atoms with Gasteiger partial charge >= 0.3 is 0 Å². The molecule has 0 aromatic heterocycles. The van der Waals surface area contributed by atoms with Crippen LogP contribution in [-0.4, -0.2) is 36.1 Å². The fourth-order valence-electron chi connectivity index (χ4n) is 2.04. The second-order valence-electron chi connectivity index (χ2n) is 4.64. The minimum Gasteiger partial charge on any atom is -0.381 e. The van der Waals surface area contributed by atoms with Gasteiger partial charge in [-0.25, -0.2) is 26.7 Å². The van der Waals surface area contributed by atoms with Crippen molar-refractivity contribution in [1.29, 1.82) is 0 Å². The highest BCUT2D eigenvalue weighted by atomic mass is 32.2. The Labute approximate surface area is 118 Å². The summed E-state index contributed by atoms with van der Waals surface area (Å²) in [5, 5.41) is 5.04. The fraction of sp³-hybridized carbons (Fsp3) is 0.455. The molecule has 0 aliphatic heterocycles. The first-order chi connectivity index (χ1) is 9.24. The van der Waals surface area contributed by atoms with E-state index in [1.165, 1.54) is 24.3 Å². The Hall–Kier alpha value is -1.00. The van der Waals surface area contributed by atoms with Gasteiger partial charge in [0, 0.05) is 13.2 Å². The highest BCUT2D eigenvalue weighted by Crippen LogP contribution is 2.26. The van der Waals surface area contributed by atoms with Gasteiger partial charge in [-0.3, -0.25) is 0 Å². The number of nitrogens with two attached hydrogens (primary N) is 1. The summed E-state index contributed by atoms with van der Waals surface area (Å²) < 4.78 is 54.8. The lowest BCUT2D eigenvalue weighted by Crippen LogP contribution is -2.47. The summed E-state index contributed by atoms with van der Waals surface area (Å²) >= 11 is 0. The van der Waals surface area contributed by atoms with Crippen molar-refractivity contribution in [3.8, 4) is 0 Å². The van der Waals surface area contributed by atoms with Gasteiger partial charge in [-0.2, -0.15) is 0 Å². The van der Waals surface area contributed by atoms with Crippen molar-refractivity contribution in [1.82, 2.24) is 4.72 Å². The summed E-state index contributed by atoms with van der Waals surface area (Å²) in [7, 11) is -6.47. The van der Waals surface area contributed by atoms with E-state index in [0.717, 1.165) is 0 Å². The predicted molar refractivity (Wildman–Crippen MR) is 72.0 cm³/mol. The topological polar surface area (TPSA) is 116 Å². The minimum absolute atomic E-state index is 0.0381. The lowest BCUT2D eigenvalue weighted by molar-refractivity contribution is 0.0236. The summed E-state index contributed by atoms with van der Waals surface area (Å²) in [5.74, 6) is 0. The SMILES string of the molecule is COC1CC(NS(=O)(=O)c2ccccc2S(N)(=O)=O)C1. The van der Waals surface area contributed by atoms with Crippen LogP contribution in [0.3, 0.4) is 0 Å². The molecule has 7 nitrogen and oxygen atoms in total. The molecule has 112 valence electrons. The van der Waals surface area contributed by atoms with Crippen molar-refractivity contribution >= 4 is 20.0 Å². The lowest BCUT2D eigenvalue weighted by Gasteiger charge is -2.34. The molecule has 2 rings (SSSR count). The molecule has 0 bridgehead atoms. The molecule has 0 atom stereocenters. The van der Waals surface area contributed by atoms with Crippen molar-refractivity contribution in [3.05, 3.63) is 24.3 Å². The smallest absolute Gasteiger partial charge is 0.242 e. The Morgan fingerprint density at radius 1 is 1.15 bits per heavy atom. The third-order valence-corrected chi connectivity index (χ3v) is 5.87. The standard InChI is InChI=1S/C11H16N2O5S2/c1-18-9-6-8(7-9)13-20(16,17)11-5-3-2-4-10(11)19(12,14)15/h2-5,8-9,13H,6-7H2,1H3,(H2,12,14,15). The molecule has 0 radical (unpaired) electrons. The van der Waals surface area contributed by atoms with E-state index < -0.39 is 24.9 Å². The van der Waals surface area contributed by atoms with Crippen LogP contribution in [-0.2, 0) is 24.8 Å². The number of primary sulfonamides is 1. The third kappa shape index (κ3) is 3.18. The number of sulfonamides is 2. The Morgan fingerprint density at radius 2 is 1.70 bits per heavy atom. The molecule has 0 spiro atoms. The zero-order valence-electron chi connectivity index (χ0n) is 10.8. The molecule has 1 saturated carbocycles. The van der Waals surface area contributed by atoms with Crippen LogP contribution in [0.2, 0.25) is 0 Å². The van der Waals surface area contributed by atoms with E-state index in [1.54, 1.807) is 7.11 Å². The van der Waals surface area contributed by atoms with Crippen molar-refractivity contribution < 1.29 is 21.6 Å². The van der Waals surface area contributed by atoms with Gasteiger partial charge in [-0.15, -0.1) is 0 Å². The zero-order chi connectivity index (χ0) is 15.0. The van der Waals surface area contributed by atoms with Gasteiger partial charge in [0.05, 0.1) is 6.10 Å². The predicted octanol–water partition coefficient (Wildman–Crippen LogP) is -0.210. The van der Waals surface area contributed by atoms with Crippen LogP contribution < -0.4 is 9.86 Å². The maximum atomic E-state index is 12.2. The summed E-state index contributed by atoms with van der Waals surface area (Å²) in [5.41, 5.74) is 0. The quantitative estimate of drug-likeness (QED) is 0.779. The Balaban J connectivity index is 2.27. The molecule has 0 unspecified atom stereocenters. The highest BCUT2D eigenvalue weighted by Gasteiger charge is 2.34. The molecule has 1 aliphatic carbocycles. The fourth-order valence-corrected chi connectivity index (χ4v) is 4.69. The summed E-state index contributed by atoms with van der Waals surface area (Å²) in [6.45, 7) is 0. The number of ether oxygens (including phenoxy) is 1. The van der Waals surface area contributed by atoms with E-state index in [-0.39, 0.29) is 17.0 Å². The van der Waals surface area contributed by atoms with Crippen LogP contribution >= 0.6 is 0 Å². The molecular weight excluding hydrogens is 304 g/mol. The van der Waals surface area contributed by atoms with E-state index in [4.69, 9.17) is 9.88 Å². The monoisotopic (exact) mass is 320 g/mol. The average Bonchev–Trinajstić information content (AvgIpc) is 2.32. The molecule has 1 aromatic rings. The van der Waals surface area contributed by atoms with E-state index in [1.807, 2.05) is 0 Å². The van der Waals surface area contributed by atoms with Gasteiger partial charge in [0.2, 0.25) is 20.0 Å². The number of rotatable bonds is 5. The van der Waals surface area contributed by atoms with E-state index in [0.29, 0.717) is 12.8 Å². The number of hydrogen-bond donors (Lipinski definition) is 2. The molecule has 1 aliphatic rings. The average molecular weight is 320 g/mol. The number of nitrogens with one attached hydrogen (secondary N) is 1. The van der Waals surface area contributed by atoms with E-state index >= 15 is 0 Å². The molecule has 0 amide bonds. The first kappa shape index (κ1) is 15.4. The molecule has 1 fully saturated rings. The van der Waals surface area contributed by atoms with Crippen molar-refractivity contribution in [3.63, 3.8) is 0 Å². The normalized spacial score (nSPS) is 23.3. The van der Waals surface area contributed by atoms with Gasteiger partial charge in [0.1, 0.15) is 9.79 Å². The Morgan fingerprint density at radius 3 is 2.20 bits per heavy atom. The Kier molecular flexibility index (Phi) is 4.17. The zero-order valence-corrected chi connectivity index (χ0v) is 12.4. The first-order valence-electron chi connectivity index (χ1n) is 5.91. The number of methoxy groups -OCH3 is 1. The first-order valence-corrected chi connectivity index (χ1v) is 8.94. The summed E-state index contributed by atoms with van der Waals surface area (Å²) in [4.78, 5) is -0.738. The summed E-state index contributed by atoms with van der Waals surface area (Å²) in [6, 6.07) is 5.00. The van der Waals surface area contributed by atoms with Gasteiger partial charge in [-0.1, -0.05) is 12.1 Å². The molecular formula is C11H16N2O5S2. The maximum absolute atomic E-state index is 12.2. The van der Waals surface area contributed by atoms with Crippen LogP contribution in [0.15, 0.2) is 34.1 Å². The van der Waals surface area contributed by atoms with Crippen molar-refractivity contribution in [2.24, 2.45) is 5.14 Å². The summed E-state index contributed by atoms with van der Waals surface area (Å²) in [6.07, 6.45) is 1.16. The van der Waals surface area contributed by atoms with Crippen molar-refractivity contribution in [2.45, 2.75) is 34.8 Å². The second-order valence-corrected chi connectivity index (χ2v) is 7.85. The van der Waals surface area contributed by atoms with Gasteiger partial charge in [0.25, 0.3) is 0 Å². The lowest BCUT2D eigenvalue weighted by atomic mass is 9.90. The second kappa shape index (κ2) is 5.41. The minimum atomic E-state index is -4.10. The van der Waals surface area contributed by atoms with Crippen LogP contribution in [0.1, 0.15) is 12.8 Å². The maximum Gasteiger partial charge on any atom is 0.242 e. The highest BCUT2D eigenvalue weighted by molar-refractivity contribution is 7.92. The van der Waals surface area contributed by atoms with Gasteiger partial charge in [0.15, 0.2) is 0 Å². The molecule has 20 heavy (non-hydrogen) atoms. The molecule has 0 saturated heterocycles.